The number of cyclic esters (lactones) is 1. The minimum atomic E-state index is -0.463. The fraction of sp³-hybridized carbons (Fsp3) is 0.300. The van der Waals surface area contributed by atoms with E-state index in [1.165, 1.54) is 17.0 Å². The number of ether oxygens (including phenoxy) is 1. The molecule has 0 unspecified atom stereocenters. The quantitative estimate of drug-likeness (QED) is 0.530. The van der Waals surface area contributed by atoms with Gasteiger partial charge in [0.2, 0.25) is 0 Å². The van der Waals surface area contributed by atoms with E-state index in [1.807, 2.05) is 0 Å². The van der Waals surface area contributed by atoms with E-state index in [-0.39, 0.29) is 11.7 Å². The number of nitrogens with zero attached hydrogens (tertiary/aromatic N) is 2. The molecule has 1 fully saturated rings. The number of hydrogen-bond acceptors (Lipinski definition) is 4. The summed E-state index contributed by atoms with van der Waals surface area (Å²) in [6.07, 6.45) is 0.295. The number of benzene rings is 1. The molecular formula is C10H8N2O4. The number of non-ortho nitro benzene ring substituents is 1. The third-order valence-electron chi connectivity index (χ3n) is 2.96. The van der Waals surface area contributed by atoms with Gasteiger partial charge in [0, 0.05) is 12.1 Å². The van der Waals surface area contributed by atoms with Crippen molar-refractivity contribution < 1.29 is 14.5 Å². The van der Waals surface area contributed by atoms with E-state index in [1.54, 1.807) is 6.07 Å². The number of fused-ring (bicyclic) bond motifs is 3. The number of anilines is 1. The summed E-state index contributed by atoms with van der Waals surface area (Å²) < 4.78 is 4.89. The second-order valence-electron chi connectivity index (χ2n) is 3.87. The molecule has 1 aromatic rings. The van der Waals surface area contributed by atoms with Crippen molar-refractivity contribution in [2.24, 2.45) is 0 Å². The largest absolute Gasteiger partial charge is 0.447 e. The van der Waals surface area contributed by atoms with Crippen molar-refractivity contribution in [3.63, 3.8) is 0 Å². The van der Waals surface area contributed by atoms with Gasteiger partial charge >= 0.3 is 6.09 Å². The highest BCUT2D eigenvalue weighted by atomic mass is 16.6. The zero-order valence-corrected chi connectivity index (χ0v) is 8.25. The molecule has 1 atom stereocenters. The van der Waals surface area contributed by atoms with E-state index in [4.69, 9.17) is 4.74 Å². The first-order valence-corrected chi connectivity index (χ1v) is 4.90. The number of amides is 1. The predicted octanol–water partition coefficient (Wildman–Crippen LogP) is 1.48. The van der Waals surface area contributed by atoms with Gasteiger partial charge in [0.15, 0.2) is 0 Å². The predicted molar refractivity (Wildman–Crippen MR) is 54.4 cm³/mol. The molecule has 2 heterocycles. The maximum Gasteiger partial charge on any atom is 0.414 e. The molecule has 16 heavy (non-hydrogen) atoms. The second kappa shape index (κ2) is 2.94. The van der Waals surface area contributed by atoms with E-state index in [0.29, 0.717) is 18.7 Å². The topological polar surface area (TPSA) is 72.7 Å². The molecule has 0 radical (unpaired) electrons. The number of nitro benzene ring substituents is 1. The van der Waals surface area contributed by atoms with Gasteiger partial charge in [-0.2, -0.15) is 0 Å². The van der Waals surface area contributed by atoms with Crippen molar-refractivity contribution in [2.45, 2.75) is 12.5 Å². The summed E-state index contributed by atoms with van der Waals surface area (Å²) in [6.45, 7) is 0.362. The Morgan fingerprint density at radius 1 is 1.50 bits per heavy atom. The molecule has 0 N–H and O–H groups in total. The van der Waals surface area contributed by atoms with Crippen LogP contribution in [0.25, 0.3) is 0 Å². The minimum absolute atomic E-state index is 0.000833. The Labute approximate surface area is 90.6 Å². The first-order chi connectivity index (χ1) is 7.66. The summed E-state index contributed by atoms with van der Waals surface area (Å²) in [5.74, 6) is 0. The Morgan fingerprint density at radius 3 is 3.06 bits per heavy atom. The van der Waals surface area contributed by atoms with Crippen LogP contribution in [0.1, 0.15) is 5.56 Å². The van der Waals surface area contributed by atoms with Gasteiger partial charge in [-0.25, -0.2) is 4.79 Å². The van der Waals surface area contributed by atoms with Gasteiger partial charge in [0.05, 0.1) is 16.7 Å². The maximum atomic E-state index is 11.4. The Kier molecular flexibility index (Phi) is 1.68. The number of hydrogen-bond donors (Lipinski definition) is 0. The van der Waals surface area contributed by atoms with Gasteiger partial charge < -0.3 is 4.74 Å². The van der Waals surface area contributed by atoms with E-state index < -0.39 is 11.0 Å². The number of carbonyl (C=O) groups is 1. The Morgan fingerprint density at radius 2 is 2.31 bits per heavy atom. The van der Waals surface area contributed by atoms with Crippen LogP contribution < -0.4 is 4.90 Å². The van der Waals surface area contributed by atoms with Crippen LogP contribution in [0, 0.1) is 10.1 Å². The monoisotopic (exact) mass is 220 g/mol. The first kappa shape index (κ1) is 9.14. The van der Waals surface area contributed by atoms with Crippen LogP contribution in [0.5, 0.6) is 0 Å². The number of rotatable bonds is 1. The SMILES string of the molecule is O=C1OC[C@H]2Cc3ccc([N+](=O)[O-])cc3N12. The van der Waals surface area contributed by atoms with Crippen molar-refractivity contribution in [3.05, 3.63) is 33.9 Å². The van der Waals surface area contributed by atoms with Crippen molar-refractivity contribution in [1.29, 1.82) is 0 Å². The molecule has 0 aromatic heterocycles. The van der Waals surface area contributed by atoms with Gasteiger partial charge in [-0.15, -0.1) is 0 Å². The average molecular weight is 220 g/mol. The van der Waals surface area contributed by atoms with E-state index in [0.717, 1.165) is 5.56 Å². The average Bonchev–Trinajstić information content (AvgIpc) is 2.78. The normalized spacial score (nSPS) is 21.6. The fourth-order valence-electron chi connectivity index (χ4n) is 2.22. The Balaban J connectivity index is 2.09. The zero-order valence-electron chi connectivity index (χ0n) is 8.25. The third kappa shape index (κ3) is 1.09. The highest BCUT2D eigenvalue weighted by molar-refractivity contribution is 5.93. The van der Waals surface area contributed by atoms with Crippen LogP contribution in [0.3, 0.4) is 0 Å². The lowest BCUT2D eigenvalue weighted by molar-refractivity contribution is -0.384. The van der Waals surface area contributed by atoms with Crippen LogP contribution in [-0.2, 0) is 11.2 Å². The van der Waals surface area contributed by atoms with Crippen molar-refractivity contribution in [3.8, 4) is 0 Å². The molecular weight excluding hydrogens is 212 g/mol. The second-order valence-corrected chi connectivity index (χ2v) is 3.87. The molecule has 1 aromatic carbocycles. The summed E-state index contributed by atoms with van der Waals surface area (Å²) in [5.41, 5.74) is 1.58. The summed E-state index contributed by atoms with van der Waals surface area (Å²) in [6, 6.07) is 4.61. The number of carbonyl (C=O) groups excluding carboxylic acids is 1. The van der Waals surface area contributed by atoms with Crippen LogP contribution >= 0.6 is 0 Å². The molecule has 82 valence electrons. The molecule has 1 amide bonds. The molecule has 0 saturated carbocycles. The number of nitro groups is 1. The van der Waals surface area contributed by atoms with E-state index in [2.05, 4.69) is 0 Å². The highest BCUT2D eigenvalue weighted by Gasteiger charge is 2.41. The van der Waals surface area contributed by atoms with Crippen molar-refractivity contribution in [2.75, 3.05) is 11.5 Å². The zero-order chi connectivity index (χ0) is 11.3. The van der Waals surface area contributed by atoms with Gasteiger partial charge in [0.25, 0.3) is 5.69 Å². The summed E-state index contributed by atoms with van der Waals surface area (Å²) >= 11 is 0. The molecule has 2 aliphatic heterocycles. The van der Waals surface area contributed by atoms with Crippen LogP contribution in [0.2, 0.25) is 0 Å². The molecule has 2 aliphatic rings. The molecule has 6 heteroatoms. The smallest absolute Gasteiger partial charge is 0.414 e. The van der Waals surface area contributed by atoms with Crippen LogP contribution in [0.15, 0.2) is 18.2 Å². The van der Waals surface area contributed by atoms with Crippen molar-refractivity contribution >= 4 is 17.5 Å². The molecule has 0 bridgehead atoms. The summed E-state index contributed by atoms with van der Waals surface area (Å²) in [7, 11) is 0. The van der Waals surface area contributed by atoms with Gasteiger partial charge in [-0.05, 0) is 12.0 Å². The molecule has 6 nitrogen and oxygen atoms in total. The third-order valence-corrected chi connectivity index (χ3v) is 2.96. The fourth-order valence-corrected chi connectivity index (χ4v) is 2.22. The summed E-state index contributed by atoms with van der Waals surface area (Å²) in [4.78, 5) is 23.1. The maximum absolute atomic E-state index is 11.4. The van der Waals surface area contributed by atoms with Gasteiger partial charge in [-0.3, -0.25) is 15.0 Å². The Hall–Kier alpha value is -2.11. The molecule has 3 rings (SSSR count). The van der Waals surface area contributed by atoms with Crippen molar-refractivity contribution in [1.82, 2.24) is 0 Å². The van der Waals surface area contributed by atoms with Crippen LogP contribution in [-0.4, -0.2) is 23.7 Å². The van der Waals surface area contributed by atoms with E-state index >= 15 is 0 Å². The van der Waals surface area contributed by atoms with Gasteiger partial charge in [0.1, 0.15) is 6.61 Å². The van der Waals surface area contributed by atoms with Gasteiger partial charge in [-0.1, -0.05) is 6.07 Å². The highest BCUT2D eigenvalue weighted by Crippen LogP contribution is 2.37. The first-order valence-electron chi connectivity index (χ1n) is 4.90. The standard InChI is InChI=1S/C10H8N2O4/c13-10-11-8(5-16-10)3-6-1-2-7(12(14)15)4-9(6)11/h1-2,4,8H,3,5H2/t8-/m1/s1. The lowest BCUT2D eigenvalue weighted by Crippen LogP contribution is -2.29. The lowest BCUT2D eigenvalue weighted by Gasteiger charge is -2.11. The minimum Gasteiger partial charge on any atom is -0.447 e. The molecule has 1 saturated heterocycles. The Bertz CT molecular complexity index is 500. The molecule has 0 aliphatic carbocycles. The van der Waals surface area contributed by atoms with Crippen LogP contribution in [0.4, 0.5) is 16.2 Å². The summed E-state index contributed by atoms with van der Waals surface area (Å²) in [5, 5.41) is 10.6. The molecule has 0 spiro atoms. The lowest BCUT2D eigenvalue weighted by atomic mass is 10.1. The van der Waals surface area contributed by atoms with E-state index in [9.17, 15) is 14.9 Å².